The lowest BCUT2D eigenvalue weighted by Gasteiger charge is -2.14. The topological polar surface area (TPSA) is 23.8 Å². The van der Waals surface area contributed by atoms with Gasteiger partial charge in [0, 0.05) is 12.3 Å². The molecule has 0 radical (unpaired) electrons. The van der Waals surface area contributed by atoms with Gasteiger partial charge >= 0.3 is 0 Å². The second-order valence-corrected chi connectivity index (χ2v) is 4.16. The molecule has 0 spiro atoms. The quantitative estimate of drug-likeness (QED) is 0.767. The maximum Gasteiger partial charge on any atom is 0.0628 e. The Hall–Kier alpha value is -2.07. The number of hydrogen-bond acceptors (Lipinski definition) is 1. The first-order valence-electron chi connectivity index (χ1n) is 5.86. The third kappa shape index (κ3) is 3.19. The van der Waals surface area contributed by atoms with E-state index >= 15 is 0 Å². The Morgan fingerprint density at radius 1 is 0.882 bits per heavy atom. The van der Waals surface area contributed by atoms with Crippen molar-refractivity contribution in [2.75, 3.05) is 0 Å². The first-order valence-corrected chi connectivity index (χ1v) is 5.86. The second kappa shape index (κ2) is 5.86. The van der Waals surface area contributed by atoms with Crippen LogP contribution in [0.15, 0.2) is 60.7 Å². The van der Waals surface area contributed by atoms with E-state index in [1.807, 2.05) is 36.4 Å². The highest BCUT2D eigenvalue weighted by molar-refractivity contribution is 5.25. The van der Waals surface area contributed by atoms with E-state index in [-0.39, 0.29) is 0 Å². The van der Waals surface area contributed by atoms with E-state index in [0.717, 1.165) is 6.42 Å². The summed E-state index contributed by atoms with van der Waals surface area (Å²) in [5.41, 5.74) is 2.54. The van der Waals surface area contributed by atoms with Crippen molar-refractivity contribution in [3.05, 3.63) is 71.8 Å². The molecule has 1 heteroatoms. The Balaban J connectivity index is 2.17. The molecule has 0 saturated carbocycles. The monoisotopic (exact) mass is 221 g/mol. The van der Waals surface area contributed by atoms with Gasteiger partial charge < -0.3 is 0 Å². The highest BCUT2D eigenvalue weighted by atomic mass is 14.3. The smallest absolute Gasteiger partial charge is 0.0628 e. The summed E-state index contributed by atoms with van der Waals surface area (Å²) in [4.78, 5) is 0. The minimum Gasteiger partial charge on any atom is -0.198 e. The average molecular weight is 221 g/mol. The predicted molar refractivity (Wildman–Crippen MR) is 69.6 cm³/mol. The molecule has 0 N–H and O–H groups in total. The predicted octanol–water partition coefficient (Wildman–Crippen LogP) is 3.93. The van der Waals surface area contributed by atoms with Gasteiger partial charge in [-0.15, -0.1) is 0 Å². The Kier molecular flexibility index (Phi) is 3.94. The third-order valence-corrected chi connectivity index (χ3v) is 2.93. The van der Waals surface area contributed by atoms with Crippen molar-refractivity contribution in [1.29, 1.82) is 5.26 Å². The van der Waals surface area contributed by atoms with Crippen molar-refractivity contribution in [3.63, 3.8) is 0 Å². The van der Waals surface area contributed by atoms with Crippen molar-refractivity contribution in [2.45, 2.75) is 18.8 Å². The van der Waals surface area contributed by atoms with Gasteiger partial charge in [-0.2, -0.15) is 5.26 Å². The molecule has 0 aromatic heterocycles. The summed E-state index contributed by atoms with van der Waals surface area (Å²) >= 11 is 0. The van der Waals surface area contributed by atoms with Crippen LogP contribution < -0.4 is 0 Å². The molecule has 1 atom stereocenters. The van der Waals surface area contributed by atoms with Crippen LogP contribution >= 0.6 is 0 Å². The van der Waals surface area contributed by atoms with E-state index < -0.39 is 0 Å². The molecule has 84 valence electrons. The number of benzene rings is 2. The summed E-state index contributed by atoms with van der Waals surface area (Å²) in [6.45, 7) is 0. The zero-order valence-corrected chi connectivity index (χ0v) is 9.71. The van der Waals surface area contributed by atoms with E-state index in [2.05, 4.69) is 30.3 Å². The molecule has 1 unspecified atom stereocenters. The van der Waals surface area contributed by atoms with Crippen molar-refractivity contribution >= 4 is 0 Å². The molecular weight excluding hydrogens is 206 g/mol. The van der Waals surface area contributed by atoms with Gasteiger partial charge in [0.15, 0.2) is 0 Å². The van der Waals surface area contributed by atoms with E-state index in [1.54, 1.807) is 0 Å². The molecule has 0 heterocycles. The molecule has 17 heavy (non-hydrogen) atoms. The van der Waals surface area contributed by atoms with Gasteiger partial charge in [0.25, 0.3) is 0 Å². The summed E-state index contributed by atoms with van der Waals surface area (Å²) in [5, 5.41) is 8.93. The van der Waals surface area contributed by atoms with Crippen LogP contribution in [0, 0.1) is 11.3 Å². The molecule has 1 nitrogen and oxygen atoms in total. The second-order valence-electron chi connectivity index (χ2n) is 4.16. The van der Waals surface area contributed by atoms with Gasteiger partial charge in [0.05, 0.1) is 6.07 Å². The highest BCUT2D eigenvalue weighted by Crippen LogP contribution is 2.23. The van der Waals surface area contributed by atoms with Gasteiger partial charge in [-0.25, -0.2) is 0 Å². The van der Waals surface area contributed by atoms with Gasteiger partial charge in [-0.05, 0) is 17.5 Å². The van der Waals surface area contributed by atoms with E-state index in [1.165, 1.54) is 11.1 Å². The molecule has 0 amide bonds. The standard InChI is InChI=1S/C16H15N/c17-12-11-16(15-9-5-2-6-10-15)13-14-7-3-1-4-8-14/h1-10,16H,11,13H2. The van der Waals surface area contributed by atoms with Gasteiger partial charge in [0.1, 0.15) is 0 Å². The summed E-state index contributed by atoms with van der Waals surface area (Å²) < 4.78 is 0. The van der Waals surface area contributed by atoms with E-state index in [0.29, 0.717) is 12.3 Å². The van der Waals surface area contributed by atoms with Crippen LogP contribution in [0.4, 0.5) is 0 Å². The molecular formula is C16H15N. The number of rotatable bonds is 4. The lowest BCUT2D eigenvalue weighted by molar-refractivity contribution is 0.702. The third-order valence-electron chi connectivity index (χ3n) is 2.93. The minimum absolute atomic E-state index is 0.295. The van der Waals surface area contributed by atoms with Gasteiger partial charge in [-0.3, -0.25) is 0 Å². The van der Waals surface area contributed by atoms with Crippen LogP contribution in [-0.4, -0.2) is 0 Å². The minimum atomic E-state index is 0.295. The lowest BCUT2D eigenvalue weighted by Crippen LogP contribution is -2.02. The zero-order valence-electron chi connectivity index (χ0n) is 9.71. The Bertz CT molecular complexity index is 482. The first kappa shape index (κ1) is 11.4. The Labute approximate surface area is 102 Å². The van der Waals surface area contributed by atoms with Crippen LogP contribution in [0.25, 0.3) is 0 Å². The number of hydrogen-bond donors (Lipinski definition) is 0. The van der Waals surface area contributed by atoms with Crippen molar-refractivity contribution < 1.29 is 0 Å². The maximum absolute atomic E-state index is 8.93. The van der Waals surface area contributed by atoms with Crippen LogP contribution in [0.2, 0.25) is 0 Å². The molecule has 2 rings (SSSR count). The van der Waals surface area contributed by atoms with Gasteiger partial charge in [-0.1, -0.05) is 60.7 Å². The molecule has 2 aromatic carbocycles. The molecule has 0 aliphatic carbocycles. The van der Waals surface area contributed by atoms with Crippen molar-refractivity contribution in [1.82, 2.24) is 0 Å². The van der Waals surface area contributed by atoms with Crippen LogP contribution in [0.1, 0.15) is 23.5 Å². The van der Waals surface area contributed by atoms with Crippen molar-refractivity contribution in [2.24, 2.45) is 0 Å². The van der Waals surface area contributed by atoms with Crippen LogP contribution in [-0.2, 0) is 6.42 Å². The largest absolute Gasteiger partial charge is 0.198 e. The summed E-state index contributed by atoms with van der Waals surface area (Å²) in [5.74, 6) is 0.295. The lowest BCUT2D eigenvalue weighted by atomic mass is 9.90. The van der Waals surface area contributed by atoms with Crippen molar-refractivity contribution in [3.8, 4) is 6.07 Å². The van der Waals surface area contributed by atoms with E-state index in [9.17, 15) is 0 Å². The Morgan fingerprint density at radius 3 is 2.06 bits per heavy atom. The molecule has 0 aliphatic heterocycles. The fraction of sp³-hybridized carbons (Fsp3) is 0.188. The highest BCUT2D eigenvalue weighted by Gasteiger charge is 2.11. The average Bonchev–Trinajstić information content (AvgIpc) is 2.40. The van der Waals surface area contributed by atoms with E-state index in [4.69, 9.17) is 5.26 Å². The molecule has 2 aromatic rings. The maximum atomic E-state index is 8.93. The SMILES string of the molecule is N#CCC(Cc1ccccc1)c1ccccc1. The normalized spacial score (nSPS) is 11.7. The van der Waals surface area contributed by atoms with Gasteiger partial charge in [0.2, 0.25) is 0 Å². The Morgan fingerprint density at radius 2 is 1.47 bits per heavy atom. The fourth-order valence-corrected chi connectivity index (χ4v) is 2.04. The summed E-state index contributed by atoms with van der Waals surface area (Å²) in [7, 11) is 0. The number of nitrogens with zero attached hydrogens (tertiary/aromatic N) is 1. The molecule has 0 aliphatic rings. The molecule has 0 bridgehead atoms. The summed E-state index contributed by atoms with van der Waals surface area (Å²) in [6, 6.07) is 22.9. The molecule has 0 saturated heterocycles. The molecule has 0 fully saturated rings. The first-order chi connectivity index (χ1) is 8.40. The summed E-state index contributed by atoms with van der Waals surface area (Å²) in [6.07, 6.45) is 1.50. The van der Waals surface area contributed by atoms with Crippen LogP contribution in [0.5, 0.6) is 0 Å². The number of nitriles is 1. The van der Waals surface area contributed by atoms with Crippen LogP contribution in [0.3, 0.4) is 0 Å². The fourth-order valence-electron chi connectivity index (χ4n) is 2.04. The zero-order chi connectivity index (χ0) is 11.9.